The van der Waals surface area contributed by atoms with E-state index in [1.165, 1.54) is 29.3 Å². The summed E-state index contributed by atoms with van der Waals surface area (Å²) in [6.45, 7) is 0. The first-order valence-corrected chi connectivity index (χ1v) is 11.3. The third kappa shape index (κ3) is 3.94. The average molecular weight is 442 g/mol. The first kappa shape index (κ1) is 21.1. The first-order chi connectivity index (χ1) is 14.8. The van der Waals surface area contributed by atoms with E-state index in [1.54, 1.807) is 14.2 Å². The number of benzene rings is 2. The van der Waals surface area contributed by atoms with E-state index in [9.17, 15) is 13.2 Å². The Kier molecular flexibility index (Phi) is 5.55. The maximum absolute atomic E-state index is 13.2. The maximum atomic E-state index is 13.2. The van der Waals surface area contributed by atoms with Crippen LogP contribution < -0.4 is 19.6 Å². The molecule has 2 unspecified atom stereocenters. The number of hydrogen-bond donors (Lipinski definition) is 1. The molecule has 0 saturated heterocycles. The summed E-state index contributed by atoms with van der Waals surface area (Å²) in [6, 6.07) is 11.4. The van der Waals surface area contributed by atoms with Crippen LogP contribution in [0.4, 0.5) is 5.69 Å². The van der Waals surface area contributed by atoms with Crippen molar-refractivity contribution in [3.63, 3.8) is 0 Å². The molecule has 1 aliphatic heterocycles. The van der Waals surface area contributed by atoms with E-state index in [0.717, 1.165) is 11.3 Å². The number of hydrogen-bond acceptors (Lipinski definition) is 6. The molecule has 9 heteroatoms. The number of amides is 1. The van der Waals surface area contributed by atoms with E-state index in [1.807, 2.05) is 24.3 Å². The fourth-order valence-electron chi connectivity index (χ4n) is 4.01. The van der Waals surface area contributed by atoms with E-state index < -0.39 is 10.0 Å². The van der Waals surface area contributed by atoms with Gasteiger partial charge in [-0.05, 0) is 55.3 Å². The second-order valence-corrected chi connectivity index (χ2v) is 8.96. The number of anilines is 1. The lowest BCUT2D eigenvalue weighted by atomic mass is 9.76. The molecule has 0 aromatic heterocycles. The van der Waals surface area contributed by atoms with Crippen molar-refractivity contribution in [3.8, 4) is 11.5 Å². The number of nitrogens with zero attached hydrogens (tertiary/aromatic N) is 2. The molecule has 162 valence electrons. The van der Waals surface area contributed by atoms with E-state index in [0.29, 0.717) is 30.0 Å². The molecule has 2 aliphatic rings. The molecule has 0 fully saturated rings. The zero-order valence-electron chi connectivity index (χ0n) is 17.2. The molecule has 1 aliphatic carbocycles. The molecule has 2 aromatic carbocycles. The molecule has 0 bridgehead atoms. The van der Waals surface area contributed by atoms with E-state index in [4.69, 9.17) is 19.7 Å². The van der Waals surface area contributed by atoms with Crippen LogP contribution in [0.25, 0.3) is 0 Å². The van der Waals surface area contributed by atoms with Crippen molar-refractivity contribution in [2.24, 2.45) is 22.1 Å². The number of allylic oxidation sites excluding steroid dienone is 2. The first-order valence-electron chi connectivity index (χ1n) is 9.76. The van der Waals surface area contributed by atoms with Crippen molar-refractivity contribution >= 4 is 27.3 Å². The Bertz CT molecular complexity index is 1170. The number of ether oxygens (including phenoxy) is 2. The van der Waals surface area contributed by atoms with E-state index >= 15 is 0 Å². The highest BCUT2D eigenvalue weighted by Gasteiger charge is 2.40. The van der Waals surface area contributed by atoms with Gasteiger partial charge in [0.05, 0.1) is 36.4 Å². The Morgan fingerprint density at radius 1 is 0.968 bits per heavy atom. The van der Waals surface area contributed by atoms with Gasteiger partial charge < -0.3 is 9.47 Å². The SMILES string of the molecule is COc1ccc(C2=NN(c3ccc(S(N)(=O)=O)cc3)C(=O)C3CC=CCC23)cc1OC. The lowest BCUT2D eigenvalue weighted by Crippen LogP contribution is -2.45. The molecule has 1 amide bonds. The number of fused-ring (bicyclic) bond motifs is 1. The molecule has 0 spiro atoms. The second kappa shape index (κ2) is 8.16. The predicted molar refractivity (Wildman–Crippen MR) is 117 cm³/mol. The fourth-order valence-corrected chi connectivity index (χ4v) is 4.52. The molecule has 4 rings (SSSR count). The number of methoxy groups -OCH3 is 2. The number of hydrazone groups is 1. The third-order valence-corrected chi connectivity index (χ3v) is 6.54. The number of sulfonamides is 1. The largest absolute Gasteiger partial charge is 0.493 e. The minimum atomic E-state index is -3.83. The standard InChI is InChI=1S/C22H23N3O5S/c1-29-19-12-7-14(13-20(19)30-2)21-17-5-3-4-6-18(17)22(26)25(24-21)15-8-10-16(11-9-15)31(23,27)28/h3-4,7-13,17-18H,5-6H2,1-2H3,(H2,23,27,28). The summed E-state index contributed by atoms with van der Waals surface area (Å²) in [5.74, 6) is 0.738. The van der Waals surface area contributed by atoms with Crippen LogP contribution in [0.5, 0.6) is 11.5 Å². The van der Waals surface area contributed by atoms with Crippen LogP contribution in [0, 0.1) is 11.8 Å². The molecule has 0 radical (unpaired) electrons. The highest BCUT2D eigenvalue weighted by Crippen LogP contribution is 2.38. The highest BCUT2D eigenvalue weighted by molar-refractivity contribution is 7.89. The van der Waals surface area contributed by atoms with Gasteiger partial charge in [-0.2, -0.15) is 5.10 Å². The maximum Gasteiger partial charge on any atom is 0.251 e. The van der Waals surface area contributed by atoms with E-state index in [-0.39, 0.29) is 22.6 Å². The van der Waals surface area contributed by atoms with Gasteiger partial charge in [0.2, 0.25) is 10.0 Å². The summed E-state index contributed by atoms with van der Waals surface area (Å²) in [7, 11) is -0.684. The van der Waals surface area contributed by atoms with Crippen LogP contribution in [0.15, 0.2) is 64.6 Å². The van der Waals surface area contributed by atoms with Gasteiger partial charge in [0.1, 0.15) is 0 Å². The van der Waals surface area contributed by atoms with Crippen molar-refractivity contribution in [3.05, 3.63) is 60.2 Å². The number of nitrogens with two attached hydrogens (primary N) is 1. The number of rotatable bonds is 5. The van der Waals surface area contributed by atoms with Gasteiger partial charge in [0, 0.05) is 11.5 Å². The number of primary sulfonamides is 1. The van der Waals surface area contributed by atoms with Crippen LogP contribution in [0.1, 0.15) is 18.4 Å². The van der Waals surface area contributed by atoms with Crippen molar-refractivity contribution in [1.29, 1.82) is 0 Å². The summed E-state index contributed by atoms with van der Waals surface area (Å²) in [5, 5.41) is 11.2. The highest BCUT2D eigenvalue weighted by atomic mass is 32.2. The molecule has 2 atom stereocenters. The summed E-state index contributed by atoms with van der Waals surface area (Å²) >= 11 is 0. The van der Waals surface area contributed by atoms with Crippen LogP contribution >= 0.6 is 0 Å². The molecule has 2 N–H and O–H groups in total. The van der Waals surface area contributed by atoms with Crippen LogP contribution in [0.2, 0.25) is 0 Å². The predicted octanol–water partition coefficient (Wildman–Crippen LogP) is 2.68. The summed E-state index contributed by atoms with van der Waals surface area (Å²) < 4.78 is 33.9. The quantitative estimate of drug-likeness (QED) is 0.717. The minimum Gasteiger partial charge on any atom is -0.493 e. The lowest BCUT2D eigenvalue weighted by Gasteiger charge is -2.37. The van der Waals surface area contributed by atoms with Gasteiger partial charge in [-0.25, -0.2) is 18.6 Å². The topological polar surface area (TPSA) is 111 Å². The van der Waals surface area contributed by atoms with Gasteiger partial charge >= 0.3 is 0 Å². The Morgan fingerprint density at radius 2 is 1.61 bits per heavy atom. The number of carbonyl (C=O) groups is 1. The third-order valence-electron chi connectivity index (χ3n) is 5.61. The van der Waals surface area contributed by atoms with Crippen molar-refractivity contribution in [1.82, 2.24) is 0 Å². The Labute approximate surface area is 181 Å². The molecule has 2 aromatic rings. The van der Waals surface area contributed by atoms with Crippen LogP contribution in [0.3, 0.4) is 0 Å². The van der Waals surface area contributed by atoms with Gasteiger partial charge in [-0.3, -0.25) is 4.79 Å². The monoisotopic (exact) mass is 441 g/mol. The summed E-state index contributed by atoms with van der Waals surface area (Å²) in [6.07, 6.45) is 5.41. The zero-order chi connectivity index (χ0) is 22.2. The smallest absolute Gasteiger partial charge is 0.251 e. The van der Waals surface area contributed by atoms with Crippen molar-refractivity contribution in [2.75, 3.05) is 19.2 Å². The van der Waals surface area contributed by atoms with Crippen LogP contribution in [-0.2, 0) is 14.8 Å². The molecular formula is C22H23N3O5S. The molecule has 0 saturated carbocycles. The molecule has 8 nitrogen and oxygen atoms in total. The van der Waals surface area contributed by atoms with E-state index in [2.05, 4.69) is 6.08 Å². The van der Waals surface area contributed by atoms with Crippen LogP contribution in [-0.4, -0.2) is 34.3 Å². The Balaban J connectivity index is 1.80. The lowest BCUT2D eigenvalue weighted by molar-refractivity contribution is -0.123. The number of carbonyl (C=O) groups excluding carboxylic acids is 1. The van der Waals surface area contributed by atoms with Gasteiger partial charge in [0.25, 0.3) is 5.91 Å². The minimum absolute atomic E-state index is 0.0247. The van der Waals surface area contributed by atoms with Crippen molar-refractivity contribution in [2.45, 2.75) is 17.7 Å². The second-order valence-electron chi connectivity index (χ2n) is 7.40. The zero-order valence-corrected chi connectivity index (χ0v) is 18.0. The van der Waals surface area contributed by atoms with Gasteiger partial charge in [-0.15, -0.1) is 0 Å². The molecular weight excluding hydrogens is 418 g/mol. The molecule has 31 heavy (non-hydrogen) atoms. The fraction of sp³-hybridized carbons (Fsp3) is 0.273. The average Bonchev–Trinajstić information content (AvgIpc) is 2.78. The normalized spacial score (nSPS) is 20.8. The van der Waals surface area contributed by atoms with Crippen molar-refractivity contribution < 1.29 is 22.7 Å². The van der Waals surface area contributed by atoms with Gasteiger partial charge in [-0.1, -0.05) is 12.2 Å². The Morgan fingerprint density at radius 3 is 2.23 bits per heavy atom. The Hall–Kier alpha value is -3.17. The summed E-state index contributed by atoms with van der Waals surface area (Å²) in [5.41, 5.74) is 2.08. The van der Waals surface area contributed by atoms with Gasteiger partial charge in [0.15, 0.2) is 11.5 Å². The molecule has 1 heterocycles. The summed E-state index contributed by atoms with van der Waals surface area (Å²) in [4.78, 5) is 13.2.